The van der Waals surface area contributed by atoms with E-state index in [4.69, 9.17) is 0 Å². The normalized spacial score (nSPS) is 14.1. The molecule has 0 rings (SSSR count). The molecule has 0 spiro atoms. The van der Waals surface area contributed by atoms with Gasteiger partial charge in [0.1, 0.15) is 6.10 Å². The lowest BCUT2D eigenvalue weighted by atomic mass is 10.0. The molecule has 0 aliphatic heterocycles. The second-order valence-electron chi connectivity index (χ2n) is 12.7. The van der Waals surface area contributed by atoms with Crippen molar-refractivity contribution in [2.45, 2.75) is 205 Å². The molecule has 1 amide bonds. The van der Waals surface area contributed by atoms with Gasteiger partial charge in [-0.1, -0.05) is 174 Å². The first-order valence-electron chi connectivity index (χ1n) is 17.8. The summed E-state index contributed by atoms with van der Waals surface area (Å²) in [5, 5.41) is 23.3. The minimum absolute atomic E-state index is 0.303. The van der Waals surface area contributed by atoms with E-state index in [1.165, 1.54) is 116 Å². The van der Waals surface area contributed by atoms with Crippen LogP contribution in [0.3, 0.4) is 0 Å². The zero-order valence-electron chi connectivity index (χ0n) is 27.5. The molecule has 8 heteroatoms. The number of hydrogen-bond donors (Lipinski definition) is 4. The van der Waals surface area contributed by atoms with E-state index in [2.05, 4.69) is 19.2 Å². The Bertz CT molecular complexity index is 702. The fraction of sp³-hybridized carbons (Fsp3) is 0.971. The molecule has 0 saturated heterocycles. The summed E-state index contributed by atoms with van der Waals surface area (Å²) in [6.45, 7) is 4.46. The van der Waals surface area contributed by atoms with Crippen molar-refractivity contribution in [1.82, 2.24) is 5.32 Å². The summed E-state index contributed by atoms with van der Waals surface area (Å²) in [4.78, 5) is 12.5. The number of unbranched alkanes of at least 4 members (excludes halogenated alkanes) is 23. The van der Waals surface area contributed by atoms with Crippen molar-refractivity contribution in [3.63, 3.8) is 0 Å². The number of amides is 1. The maximum Gasteiger partial charge on any atom is 0.266 e. The predicted octanol–water partition coefficient (Wildman–Crippen LogP) is 8.65. The lowest BCUT2D eigenvalue weighted by molar-refractivity contribution is -0.131. The minimum Gasteiger partial charge on any atom is -0.391 e. The Kier molecular flexibility index (Phi) is 28.6. The van der Waals surface area contributed by atoms with E-state index in [-0.39, 0.29) is 0 Å². The van der Waals surface area contributed by atoms with Gasteiger partial charge in [-0.05, 0) is 12.8 Å². The zero-order chi connectivity index (χ0) is 31.3. The fourth-order valence-corrected chi connectivity index (χ4v) is 6.40. The quantitative estimate of drug-likeness (QED) is 0.0441. The maximum absolute atomic E-state index is 12.5. The van der Waals surface area contributed by atoms with Gasteiger partial charge in [-0.25, -0.2) is 0 Å². The molecule has 0 aliphatic rings. The van der Waals surface area contributed by atoms with Crippen LogP contribution in [0.1, 0.15) is 187 Å². The fourth-order valence-electron chi connectivity index (χ4n) is 5.64. The van der Waals surface area contributed by atoms with Crippen LogP contribution in [0.4, 0.5) is 0 Å². The van der Waals surface area contributed by atoms with Crippen LogP contribution in [0.5, 0.6) is 0 Å². The highest BCUT2D eigenvalue weighted by Gasteiger charge is 2.28. The first kappa shape index (κ1) is 41.3. The number of nitrogens with one attached hydrogen (secondary N) is 1. The molecule has 4 N–H and O–H groups in total. The summed E-state index contributed by atoms with van der Waals surface area (Å²) in [5.74, 6) is -1.45. The average Bonchev–Trinajstić information content (AvgIpc) is 2.94. The summed E-state index contributed by atoms with van der Waals surface area (Å²) in [6.07, 6.45) is 28.4. The molecule has 0 bridgehead atoms. The van der Waals surface area contributed by atoms with Gasteiger partial charge in [0.2, 0.25) is 5.91 Å². The molecule has 42 heavy (non-hydrogen) atoms. The molecular formula is C34H69NO6S. The standard InChI is InChI=1S/C34H69NO6S/c1-3-5-7-9-11-13-14-15-16-17-18-19-21-23-25-27-29-33(37)34(38)35-31(30-42(39,40)41)32(36)28-26-24-22-20-12-10-8-6-4-2/h31-33,36-37H,3-30H2,1-2H3,(H,35,38)(H,39,40,41). The molecule has 252 valence electrons. The minimum atomic E-state index is -4.39. The summed E-state index contributed by atoms with van der Waals surface area (Å²) < 4.78 is 32.3. The van der Waals surface area contributed by atoms with Crippen LogP contribution in [0, 0.1) is 0 Å². The zero-order valence-corrected chi connectivity index (χ0v) is 28.3. The van der Waals surface area contributed by atoms with Crippen molar-refractivity contribution < 1.29 is 28.0 Å². The number of aliphatic hydroxyl groups is 2. The number of carbonyl (C=O) groups excluding carboxylic acids is 1. The van der Waals surface area contributed by atoms with Crippen LogP contribution in [0.15, 0.2) is 0 Å². The van der Waals surface area contributed by atoms with Crippen molar-refractivity contribution in [3.8, 4) is 0 Å². The molecule has 0 saturated carbocycles. The third kappa shape index (κ3) is 28.1. The number of rotatable bonds is 32. The lowest BCUT2D eigenvalue weighted by Gasteiger charge is -2.24. The second kappa shape index (κ2) is 29.0. The van der Waals surface area contributed by atoms with Crippen LogP contribution in [0.25, 0.3) is 0 Å². The van der Waals surface area contributed by atoms with E-state index in [1.807, 2.05) is 0 Å². The molecule has 0 aliphatic carbocycles. The van der Waals surface area contributed by atoms with Gasteiger partial charge in [0.25, 0.3) is 10.1 Å². The lowest BCUT2D eigenvalue weighted by Crippen LogP contribution is -2.50. The smallest absolute Gasteiger partial charge is 0.266 e. The van der Waals surface area contributed by atoms with Gasteiger partial charge in [0.15, 0.2) is 0 Å². The molecule has 3 unspecified atom stereocenters. The molecule has 0 aromatic heterocycles. The monoisotopic (exact) mass is 619 g/mol. The summed E-state index contributed by atoms with van der Waals surface area (Å²) in [7, 11) is -4.39. The number of aliphatic hydroxyl groups excluding tert-OH is 2. The van der Waals surface area contributed by atoms with Gasteiger partial charge in [-0.2, -0.15) is 8.42 Å². The van der Waals surface area contributed by atoms with Crippen molar-refractivity contribution in [2.24, 2.45) is 0 Å². The third-order valence-electron chi connectivity index (χ3n) is 8.42. The molecule has 0 aromatic carbocycles. The Hall–Kier alpha value is -0.700. The average molecular weight is 620 g/mol. The van der Waals surface area contributed by atoms with Crippen molar-refractivity contribution in [2.75, 3.05) is 5.75 Å². The second-order valence-corrected chi connectivity index (χ2v) is 14.2. The Morgan fingerprint density at radius 2 is 0.857 bits per heavy atom. The number of hydrogen-bond acceptors (Lipinski definition) is 5. The summed E-state index contributed by atoms with van der Waals surface area (Å²) in [6, 6.07) is -1.14. The van der Waals surface area contributed by atoms with Gasteiger partial charge in [0, 0.05) is 0 Å². The van der Waals surface area contributed by atoms with Crippen LogP contribution < -0.4 is 5.32 Å². The van der Waals surface area contributed by atoms with E-state index >= 15 is 0 Å². The van der Waals surface area contributed by atoms with Gasteiger partial charge >= 0.3 is 0 Å². The highest BCUT2D eigenvalue weighted by molar-refractivity contribution is 7.85. The topological polar surface area (TPSA) is 124 Å². The van der Waals surface area contributed by atoms with Gasteiger partial charge in [-0.15, -0.1) is 0 Å². The van der Waals surface area contributed by atoms with Gasteiger partial charge in [-0.3, -0.25) is 9.35 Å². The molecule has 0 radical (unpaired) electrons. The van der Waals surface area contributed by atoms with Crippen molar-refractivity contribution in [3.05, 3.63) is 0 Å². The largest absolute Gasteiger partial charge is 0.391 e. The van der Waals surface area contributed by atoms with E-state index in [0.29, 0.717) is 12.8 Å². The SMILES string of the molecule is CCCCCCCCCCCCCCCCCCC(O)C(=O)NC(CS(=O)(=O)O)C(O)CCCCCCCCCCC. The van der Waals surface area contributed by atoms with Crippen LogP contribution in [-0.2, 0) is 14.9 Å². The highest BCUT2D eigenvalue weighted by Crippen LogP contribution is 2.16. The van der Waals surface area contributed by atoms with Crippen molar-refractivity contribution in [1.29, 1.82) is 0 Å². The van der Waals surface area contributed by atoms with Crippen LogP contribution in [-0.4, -0.2) is 53.1 Å². The third-order valence-corrected chi connectivity index (χ3v) is 9.20. The Labute approximate surface area is 260 Å². The molecule has 0 aromatic rings. The molecule has 0 heterocycles. The van der Waals surface area contributed by atoms with Crippen LogP contribution in [0.2, 0.25) is 0 Å². The summed E-state index contributed by atoms with van der Waals surface area (Å²) in [5.41, 5.74) is 0. The first-order valence-corrected chi connectivity index (χ1v) is 19.4. The van der Waals surface area contributed by atoms with E-state index in [1.54, 1.807) is 0 Å². The Morgan fingerprint density at radius 1 is 0.548 bits per heavy atom. The van der Waals surface area contributed by atoms with E-state index in [9.17, 15) is 28.0 Å². The molecule has 0 fully saturated rings. The van der Waals surface area contributed by atoms with Gasteiger partial charge < -0.3 is 15.5 Å². The Morgan fingerprint density at radius 3 is 1.19 bits per heavy atom. The number of carbonyl (C=O) groups is 1. The molecule has 3 atom stereocenters. The van der Waals surface area contributed by atoms with E-state index < -0.39 is 40.0 Å². The first-order chi connectivity index (χ1) is 20.2. The van der Waals surface area contributed by atoms with Crippen LogP contribution >= 0.6 is 0 Å². The molecule has 7 nitrogen and oxygen atoms in total. The summed E-state index contributed by atoms with van der Waals surface area (Å²) >= 11 is 0. The highest BCUT2D eigenvalue weighted by atomic mass is 32.2. The predicted molar refractivity (Wildman–Crippen MR) is 176 cm³/mol. The van der Waals surface area contributed by atoms with E-state index in [0.717, 1.165) is 44.9 Å². The van der Waals surface area contributed by atoms with Crippen molar-refractivity contribution >= 4 is 16.0 Å². The maximum atomic E-state index is 12.5. The Balaban J connectivity index is 3.99. The van der Waals surface area contributed by atoms with Gasteiger partial charge in [0.05, 0.1) is 17.9 Å². The molecular weight excluding hydrogens is 550 g/mol.